The molecular formula is C14H11FO3. The van der Waals surface area contributed by atoms with E-state index in [0.29, 0.717) is 6.42 Å². The van der Waals surface area contributed by atoms with E-state index in [4.69, 9.17) is 0 Å². The monoisotopic (exact) mass is 246 g/mol. The molecular weight excluding hydrogens is 235 g/mol. The van der Waals surface area contributed by atoms with Gasteiger partial charge in [-0.3, -0.25) is 9.59 Å². The summed E-state index contributed by atoms with van der Waals surface area (Å²) in [7, 11) is 0. The number of carbonyl (C=O) groups excluding carboxylic acids is 2. The molecule has 0 atom stereocenters. The normalized spacial score (nSPS) is 15.4. The van der Waals surface area contributed by atoms with E-state index in [-0.39, 0.29) is 22.5 Å². The molecule has 0 aromatic heterocycles. The van der Waals surface area contributed by atoms with Gasteiger partial charge in [0.05, 0.1) is 5.57 Å². The fourth-order valence-electron chi connectivity index (χ4n) is 1.80. The number of hydrogen-bond acceptors (Lipinski definition) is 3. The third-order valence-electron chi connectivity index (χ3n) is 2.71. The van der Waals surface area contributed by atoms with E-state index in [1.807, 2.05) is 6.92 Å². The van der Waals surface area contributed by atoms with Crippen LogP contribution in [0.4, 0.5) is 4.39 Å². The lowest BCUT2D eigenvalue weighted by atomic mass is 9.88. The molecule has 0 fully saturated rings. The third-order valence-corrected chi connectivity index (χ3v) is 2.71. The first kappa shape index (κ1) is 12.2. The van der Waals surface area contributed by atoms with E-state index in [9.17, 15) is 19.1 Å². The van der Waals surface area contributed by atoms with E-state index < -0.39 is 17.4 Å². The summed E-state index contributed by atoms with van der Waals surface area (Å²) in [6.45, 7) is 1.87. The molecule has 0 spiro atoms. The van der Waals surface area contributed by atoms with Gasteiger partial charge >= 0.3 is 0 Å². The summed E-state index contributed by atoms with van der Waals surface area (Å²) in [5.74, 6) is -2.50. The fraction of sp³-hybridized carbons (Fsp3) is 0.143. The average Bonchev–Trinajstić information content (AvgIpc) is 2.36. The molecule has 1 N–H and O–H groups in total. The minimum Gasteiger partial charge on any atom is -0.507 e. The lowest BCUT2D eigenvalue weighted by molar-refractivity contribution is -0.111. The van der Waals surface area contributed by atoms with E-state index >= 15 is 0 Å². The van der Waals surface area contributed by atoms with Crippen molar-refractivity contribution < 1.29 is 19.1 Å². The van der Waals surface area contributed by atoms with Crippen LogP contribution >= 0.6 is 0 Å². The highest BCUT2D eigenvalue weighted by atomic mass is 19.1. The quantitative estimate of drug-likeness (QED) is 0.816. The highest BCUT2D eigenvalue weighted by molar-refractivity contribution is 6.52. The van der Waals surface area contributed by atoms with Gasteiger partial charge in [0, 0.05) is 11.1 Å². The molecule has 0 saturated carbocycles. The Morgan fingerprint density at radius 3 is 2.61 bits per heavy atom. The van der Waals surface area contributed by atoms with Gasteiger partial charge in [0.1, 0.15) is 11.6 Å². The number of halogens is 1. The van der Waals surface area contributed by atoms with Crippen LogP contribution in [-0.4, -0.2) is 16.7 Å². The van der Waals surface area contributed by atoms with Crippen LogP contribution in [0.15, 0.2) is 35.9 Å². The van der Waals surface area contributed by atoms with E-state index in [1.165, 1.54) is 12.1 Å². The van der Waals surface area contributed by atoms with Crippen LogP contribution in [0.1, 0.15) is 29.3 Å². The number of benzene rings is 1. The maximum atomic E-state index is 13.0. The molecule has 18 heavy (non-hydrogen) atoms. The molecule has 1 aliphatic carbocycles. The zero-order chi connectivity index (χ0) is 13.3. The Labute approximate surface area is 103 Å². The number of ketones is 2. The molecule has 1 aromatic rings. The predicted octanol–water partition coefficient (Wildman–Crippen LogP) is 2.83. The highest BCUT2D eigenvalue weighted by Crippen LogP contribution is 2.28. The van der Waals surface area contributed by atoms with Crippen LogP contribution in [0.3, 0.4) is 0 Å². The largest absolute Gasteiger partial charge is 0.507 e. The summed E-state index contributed by atoms with van der Waals surface area (Å²) in [6.07, 6.45) is 3.77. The number of aliphatic hydroxyl groups excluding tert-OH is 1. The Morgan fingerprint density at radius 1 is 1.22 bits per heavy atom. The second-order valence-electron chi connectivity index (χ2n) is 3.92. The van der Waals surface area contributed by atoms with Gasteiger partial charge in [-0.25, -0.2) is 4.39 Å². The van der Waals surface area contributed by atoms with Gasteiger partial charge in [0.15, 0.2) is 0 Å². The molecule has 0 bridgehead atoms. The fourth-order valence-corrected chi connectivity index (χ4v) is 1.80. The topological polar surface area (TPSA) is 54.4 Å². The Bertz CT molecular complexity index is 597. The summed E-state index contributed by atoms with van der Waals surface area (Å²) in [5, 5.41) is 9.96. The molecule has 0 heterocycles. The molecule has 4 heteroatoms. The molecule has 2 rings (SSSR count). The molecule has 0 amide bonds. The zero-order valence-corrected chi connectivity index (χ0v) is 9.74. The van der Waals surface area contributed by atoms with Gasteiger partial charge in [0.25, 0.3) is 0 Å². The summed E-state index contributed by atoms with van der Waals surface area (Å²) in [6, 6.07) is 3.40. The van der Waals surface area contributed by atoms with Crippen LogP contribution in [0.5, 0.6) is 0 Å². The van der Waals surface area contributed by atoms with Crippen molar-refractivity contribution in [2.75, 3.05) is 0 Å². The summed E-state index contributed by atoms with van der Waals surface area (Å²) >= 11 is 0. The maximum Gasteiger partial charge on any atom is 0.237 e. The molecule has 0 unspecified atom stereocenters. The number of hydrogen-bond donors (Lipinski definition) is 1. The van der Waals surface area contributed by atoms with Crippen LogP contribution in [0.25, 0.3) is 5.76 Å². The molecule has 0 aliphatic heterocycles. The maximum absolute atomic E-state index is 13.0. The second kappa shape index (κ2) is 4.56. The SMILES string of the molecule is CCC=CC1=C(O)c2ccc(F)cc2C(=O)C1=O. The first-order chi connectivity index (χ1) is 8.56. The van der Waals surface area contributed by atoms with Crippen molar-refractivity contribution in [3.05, 3.63) is 52.9 Å². The number of rotatable bonds is 2. The molecule has 92 valence electrons. The van der Waals surface area contributed by atoms with Gasteiger partial charge in [-0.2, -0.15) is 0 Å². The second-order valence-corrected chi connectivity index (χ2v) is 3.92. The standard InChI is InChI=1S/C14H11FO3/c1-2-3-4-10-12(16)9-6-5-8(15)7-11(9)14(18)13(10)17/h3-7,16H,2H2,1H3. The van der Waals surface area contributed by atoms with Gasteiger partial charge in [-0.1, -0.05) is 19.1 Å². The van der Waals surface area contributed by atoms with Gasteiger partial charge in [0.2, 0.25) is 11.6 Å². The molecule has 1 aliphatic rings. The molecule has 1 aromatic carbocycles. The van der Waals surface area contributed by atoms with Crippen LogP contribution in [0.2, 0.25) is 0 Å². The molecule has 3 nitrogen and oxygen atoms in total. The van der Waals surface area contributed by atoms with Gasteiger partial charge in [-0.15, -0.1) is 0 Å². The zero-order valence-electron chi connectivity index (χ0n) is 9.74. The Hall–Kier alpha value is -2.23. The van der Waals surface area contributed by atoms with Crippen LogP contribution in [0, 0.1) is 5.82 Å². The average molecular weight is 246 g/mol. The van der Waals surface area contributed by atoms with Gasteiger partial charge < -0.3 is 5.11 Å². The molecule has 0 radical (unpaired) electrons. The van der Waals surface area contributed by atoms with E-state index in [2.05, 4.69) is 0 Å². The van der Waals surface area contributed by atoms with Crippen LogP contribution < -0.4 is 0 Å². The first-order valence-electron chi connectivity index (χ1n) is 5.55. The van der Waals surface area contributed by atoms with Crippen molar-refractivity contribution in [3.8, 4) is 0 Å². The van der Waals surface area contributed by atoms with Crippen molar-refractivity contribution in [1.82, 2.24) is 0 Å². The highest BCUT2D eigenvalue weighted by Gasteiger charge is 2.31. The van der Waals surface area contributed by atoms with Crippen molar-refractivity contribution in [2.24, 2.45) is 0 Å². The summed E-state index contributed by atoms with van der Waals surface area (Å²) in [4.78, 5) is 23.6. The smallest absolute Gasteiger partial charge is 0.237 e. The van der Waals surface area contributed by atoms with E-state index in [0.717, 1.165) is 12.1 Å². The Morgan fingerprint density at radius 2 is 1.94 bits per heavy atom. The predicted molar refractivity (Wildman–Crippen MR) is 64.7 cm³/mol. The van der Waals surface area contributed by atoms with E-state index in [1.54, 1.807) is 6.08 Å². The first-order valence-corrected chi connectivity index (χ1v) is 5.55. The molecule has 0 saturated heterocycles. The third kappa shape index (κ3) is 1.86. The van der Waals surface area contributed by atoms with Gasteiger partial charge in [-0.05, 0) is 24.6 Å². The Balaban J connectivity index is 2.66. The minimum atomic E-state index is -0.810. The van der Waals surface area contributed by atoms with Crippen molar-refractivity contribution >= 4 is 17.3 Å². The number of fused-ring (bicyclic) bond motifs is 1. The van der Waals surface area contributed by atoms with Crippen molar-refractivity contribution in [3.63, 3.8) is 0 Å². The lowest BCUT2D eigenvalue weighted by Crippen LogP contribution is -2.23. The number of Topliss-reactive ketones (excluding diaryl/α,β-unsaturated/α-hetero) is 2. The number of aliphatic hydroxyl groups is 1. The van der Waals surface area contributed by atoms with Crippen molar-refractivity contribution in [1.29, 1.82) is 0 Å². The lowest BCUT2D eigenvalue weighted by Gasteiger charge is -2.15. The summed E-state index contributed by atoms with van der Waals surface area (Å²) in [5.41, 5.74) is 0.0591. The van der Waals surface area contributed by atoms with Crippen LogP contribution in [-0.2, 0) is 4.79 Å². The van der Waals surface area contributed by atoms with Crippen molar-refractivity contribution in [2.45, 2.75) is 13.3 Å². The Kier molecular flexibility index (Phi) is 3.10. The number of carbonyl (C=O) groups is 2. The minimum absolute atomic E-state index is 0.0408. The number of allylic oxidation sites excluding steroid dienone is 3. The summed E-state index contributed by atoms with van der Waals surface area (Å²) < 4.78 is 13.0.